The average molecular weight is 227 g/mol. The van der Waals surface area contributed by atoms with Gasteiger partial charge in [0.2, 0.25) is 0 Å². The van der Waals surface area contributed by atoms with Gasteiger partial charge >= 0.3 is 0 Å². The minimum Gasteiger partial charge on any atom is -0.373 e. The van der Waals surface area contributed by atoms with E-state index in [0.29, 0.717) is 18.2 Å². The van der Waals surface area contributed by atoms with Gasteiger partial charge in [-0.3, -0.25) is 0 Å². The summed E-state index contributed by atoms with van der Waals surface area (Å²) in [6.45, 7) is 10.9. The van der Waals surface area contributed by atoms with Crippen LogP contribution in [0.4, 0.5) is 0 Å². The first kappa shape index (κ1) is 14.0. The van der Waals surface area contributed by atoms with Crippen LogP contribution >= 0.6 is 0 Å². The summed E-state index contributed by atoms with van der Waals surface area (Å²) in [7, 11) is 0. The van der Waals surface area contributed by atoms with Crippen molar-refractivity contribution in [1.29, 1.82) is 0 Å². The topological polar surface area (TPSA) is 21.3 Å². The lowest BCUT2D eigenvalue weighted by atomic mass is 9.87. The highest BCUT2D eigenvalue weighted by Gasteiger charge is 2.33. The highest BCUT2D eigenvalue weighted by atomic mass is 16.5. The Balaban J connectivity index is 2.15. The third-order valence-corrected chi connectivity index (χ3v) is 3.22. The fourth-order valence-electron chi connectivity index (χ4n) is 2.39. The lowest BCUT2D eigenvalue weighted by molar-refractivity contribution is -0.103. The molecule has 0 aliphatic heterocycles. The largest absolute Gasteiger partial charge is 0.373 e. The highest BCUT2D eigenvalue weighted by Crippen LogP contribution is 2.28. The summed E-state index contributed by atoms with van der Waals surface area (Å²) < 4.78 is 5.94. The van der Waals surface area contributed by atoms with E-state index in [2.05, 4.69) is 39.9 Å². The predicted octanol–water partition coefficient (Wildman–Crippen LogP) is 3.50. The third-order valence-electron chi connectivity index (χ3n) is 3.22. The minimum absolute atomic E-state index is 0.0171. The maximum absolute atomic E-state index is 5.94. The number of hydrogen-bond donors (Lipinski definition) is 1. The van der Waals surface area contributed by atoms with Gasteiger partial charge in [-0.15, -0.1) is 0 Å². The van der Waals surface area contributed by atoms with E-state index in [4.69, 9.17) is 4.74 Å². The zero-order valence-corrected chi connectivity index (χ0v) is 11.7. The van der Waals surface area contributed by atoms with Crippen molar-refractivity contribution in [1.82, 2.24) is 5.32 Å². The molecule has 2 heteroatoms. The van der Waals surface area contributed by atoms with E-state index in [0.717, 1.165) is 0 Å². The van der Waals surface area contributed by atoms with Gasteiger partial charge in [-0.2, -0.15) is 0 Å². The number of rotatable bonds is 6. The van der Waals surface area contributed by atoms with E-state index in [-0.39, 0.29) is 5.60 Å². The molecule has 16 heavy (non-hydrogen) atoms. The van der Waals surface area contributed by atoms with E-state index in [1.807, 2.05) is 0 Å². The Hall–Kier alpha value is -0.0800. The minimum atomic E-state index is 0.0171. The van der Waals surface area contributed by atoms with E-state index < -0.39 is 0 Å². The lowest BCUT2D eigenvalue weighted by Gasteiger charge is -2.41. The highest BCUT2D eigenvalue weighted by molar-refractivity contribution is 4.89. The molecule has 1 rings (SSSR count). The summed E-state index contributed by atoms with van der Waals surface area (Å²) in [6.07, 6.45) is 6.69. The summed E-state index contributed by atoms with van der Waals surface area (Å²) in [6, 6.07) is 1.41. The molecule has 0 amide bonds. The Morgan fingerprint density at radius 3 is 2.31 bits per heavy atom. The van der Waals surface area contributed by atoms with Gasteiger partial charge in [0.25, 0.3) is 0 Å². The van der Waals surface area contributed by atoms with Crippen LogP contribution in [0.1, 0.15) is 66.7 Å². The molecule has 1 aliphatic carbocycles. The zero-order chi connectivity index (χ0) is 12.2. The maximum Gasteiger partial charge on any atom is 0.0612 e. The van der Waals surface area contributed by atoms with Crippen LogP contribution in [0.25, 0.3) is 0 Å². The van der Waals surface area contributed by atoms with Crippen LogP contribution < -0.4 is 5.32 Å². The molecular formula is C14H29NO. The molecule has 0 spiro atoms. The molecule has 0 radical (unpaired) electrons. The number of nitrogens with one attached hydrogen (secondary N) is 1. The van der Waals surface area contributed by atoms with E-state index in [9.17, 15) is 0 Å². The first-order chi connectivity index (χ1) is 7.44. The van der Waals surface area contributed by atoms with Crippen molar-refractivity contribution < 1.29 is 4.74 Å². The van der Waals surface area contributed by atoms with Gasteiger partial charge in [0.15, 0.2) is 0 Å². The Bertz CT molecular complexity index is 191. The normalized spacial score (nSPS) is 27.6. The monoisotopic (exact) mass is 227 g/mol. The first-order valence-corrected chi connectivity index (χ1v) is 6.88. The van der Waals surface area contributed by atoms with E-state index in [1.54, 1.807) is 0 Å². The fraction of sp³-hybridized carbons (Fsp3) is 1.00. The molecule has 1 saturated carbocycles. The number of ether oxygens (including phenoxy) is 1. The Morgan fingerprint density at radius 1 is 1.25 bits per heavy atom. The lowest BCUT2D eigenvalue weighted by Crippen LogP contribution is -2.50. The zero-order valence-electron chi connectivity index (χ0n) is 11.7. The van der Waals surface area contributed by atoms with Gasteiger partial charge in [-0.05, 0) is 46.5 Å². The molecule has 0 aromatic heterocycles. The van der Waals surface area contributed by atoms with Gasteiger partial charge in [0.05, 0.1) is 11.7 Å². The molecule has 0 aromatic carbocycles. The van der Waals surface area contributed by atoms with Gasteiger partial charge < -0.3 is 10.1 Å². The second-order valence-corrected chi connectivity index (χ2v) is 6.08. The van der Waals surface area contributed by atoms with E-state index >= 15 is 0 Å². The molecule has 96 valence electrons. The van der Waals surface area contributed by atoms with Gasteiger partial charge in [-0.1, -0.05) is 20.3 Å². The molecule has 1 unspecified atom stereocenters. The summed E-state index contributed by atoms with van der Waals surface area (Å²) in [5.41, 5.74) is 0.0171. The molecule has 1 aliphatic rings. The van der Waals surface area contributed by atoms with Crippen LogP contribution in [0.3, 0.4) is 0 Å². The Labute approximate surface area is 101 Å². The summed E-state index contributed by atoms with van der Waals surface area (Å²) in [4.78, 5) is 0. The van der Waals surface area contributed by atoms with Crippen molar-refractivity contribution in [2.75, 3.05) is 0 Å². The van der Waals surface area contributed by atoms with Crippen LogP contribution in [0.15, 0.2) is 0 Å². The summed E-state index contributed by atoms with van der Waals surface area (Å²) in [5.74, 6) is 0. The van der Waals surface area contributed by atoms with Crippen molar-refractivity contribution >= 4 is 0 Å². The quantitative estimate of drug-likeness (QED) is 0.750. The fourth-order valence-corrected chi connectivity index (χ4v) is 2.39. The SMILES string of the molecule is CCCC(CC)NC1CC(OC(C)(C)C)C1. The van der Waals surface area contributed by atoms with Gasteiger partial charge in [0.1, 0.15) is 0 Å². The van der Waals surface area contributed by atoms with Gasteiger partial charge in [-0.25, -0.2) is 0 Å². The van der Waals surface area contributed by atoms with Crippen LogP contribution in [0.5, 0.6) is 0 Å². The Kier molecular flexibility index (Phi) is 5.26. The molecule has 1 N–H and O–H groups in total. The van der Waals surface area contributed by atoms with Crippen LogP contribution in [-0.2, 0) is 4.74 Å². The molecule has 1 atom stereocenters. The molecule has 0 saturated heterocycles. The van der Waals surface area contributed by atoms with Crippen LogP contribution in [0, 0.1) is 0 Å². The second-order valence-electron chi connectivity index (χ2n) is 6.08. The van der Waals surface area contributed by atoms with E-state index in [1.165, 1.54) is 32.1 Å². The van der Waals surface area contributed by atoms with Crippen molar-refractivity contribution in [3.63, 3.8) is 0 Å². The molecular weight excluding hydrogens is 198 g/mol. The predicted molar refractivity (Wildman–Crippen MR) is 69.8 cm³/mol. The molecule has 0 aromatic rings. The summed E-state index contributed by atoms with van der Waals surface area (Å²) >= 11 is 0. The van der Waals surface area contributed by atoms with Crippen molar-refractivity contribution in [3.8, 4) is 0 Å². The Morgan fingerprint density at radius 2 is 1.88 bits per heavy atom. The van der Waals surface area contributed by atoms with Crippen molar-refractivity contribution in [2.24, 2.45) is 0 Å². The van der Waals surface area contributed by atoms with Gasteiger partial charge in [0, 0.05) is 12.1 Å². The average Bonchev–Trinajstić information content (AvgIpc) is 2.11. The molecule has 0 bridgehead atoms. The number of hydrogen-bond acceptors (Lipinski definition) is 2. The standard InChI is InChI=1S/C14H29NO/c1-6-8-11(7-2)15-12-9-13(10-12)16-14(3,4)5/h11-13,15H,6-10H2,1-5H3. The second kappa shape index (κ2) is 6.02. The maximum atomic E-state index is 5.94. The summed E-state index contributed by atoms with van der Waals surface area (Å²) in [5, 5.41) is 3.74. The molecule has 1 fully saturated rings. The molecule has 0 heterocycles. The van der Waals surface area contributed by atoms with Crippen molar-refractivity contribution in [3.05, 3.63) is 0 Å². The third kappa shape index (κ3) is 4.84. The smallest absolute Gasteiger partial charge is 0.0612 e. The first-order valence-electron chi connectivity index (χ1n) is 6.88. The van der Waals surface area contributed by atoms with Crippen molar-refractivity contribution in [2.45, 2.75) is 90.5 Å². The molecule has 2 nitrogen and oxygen atoms in total. The van der Waals surface area contributed by atoms with Crippen LogP contribution in [0.2, 0.25) is 0 Å². The van der Waals surface area contributed by atoms with Crippen LogP contribution in [-0.4, -0.2) is 23.8 Å².